The number of hydrogen-bond donors (Lipinski definition) is 1. The van der Waals surface area contributed by atoms with Gasteiger partial charge in [-0.25, -0.2) is 8.78 Å². The summed E-state index contributed by atoms with van der Waals surface area (Å²) in [4.78, 5) is 25.4. The largest absolute Gasteiger partial charge is 0.320 e. The molecule has 0 fully saturated rings. The summed E-state index contributed by atoms with van der Waals surface area (Å²) in [7, 11) is 0. The van der Waals surface area contributed by atoms with E-state index in [1.54, 1.807) is 0 Å². The van der Waals surface area contributed by atoms with Gasteiger partial charge in [-0.05, 0) is 37.1 Å². The molecule has 0 aromatic heterocycles. The molecule has 4 nitrogen and oxygen atoms in total. The number of hydrogen-bond acceptors (Lipinski definition) is 2. The van der Waals surface area contributed by atoms with Crippen molar-refractivity contribution in [3.63, 3.8) is 0 Å². The van der Waals surface area contributed by atoms with E-state index in [1.165, 1.54) is 17.9 Å². The molecular weight excluding hydrogens is 314 g/mol. The number of benzene rings is 2. The molecule has 2 aromatic rings. The smallest absolute Gasteiger partial charge is 0.244 e. The number of amides is 2. The van der Waals surface area contributed by atoms with E-state index in [-0.39, 0.29) is 12.5 Å². The van der Waals surface area contributed by atoms with E-state index in [2.05, 4.69) is 5.32 Å². The standard InChI is InChI=1S/C18H18F2N2O2/c1-11-6-4-7-12(2)18(11)22(13(3)23)10-16(24)21-17-14(19)8-5-9-15(17)20/h4-9H,10H2,1-3H3,(H,21,24). The summed E-state index contributed by atoms with van der Waals surface area (Å²) in [6.45, 7) is 4.65. The zero-order valence-electron chi connectivity index (χ0n) is 13.7. The van der Waals surface area contributed by atoms with Crippen LogP contribution in [0.5, 0.6) is 0 Å². The Labute approximate surface area is 139 Å². The van der Waals surface area contributed by atoms with Crippen LogP contribution in [0, 0.1) is 25.5 Å². The topological polar surface area (TPSA) is 49.4 Å². The van der Waals surface area contributed by atoms with Gasteiger partial charge in [-0.1, -0.05) is 24.3 Å². The van der Waals surface area contributed by atoms with Crippen molar-refractivity contribution in [1.29, 1.82) is 0 Å². The van der Waals surface area contributed by atoms with Gasteiger partial charge in [0.15, 0.2) is 0 Å². The first kappa shape index (κ1) is 17.6. The molecule has 126 valence electrons. The Balaban J connectivity index is 2.26. The lowest BCUT2D eigenvalue weighted by atomic mass is 10.1. The molecule has 0 spiro atoms. The molecule has 2 aromatic carbocycles. The van der Waals surface area contributed by atoms with Crippen LogP contribution in [0.1, 0.15) is 18.1 Å². The monoisotopic (exact) mass is 332 g/mol. The van der Waals surface area contributed by atoms with Gasteiger partial charge < -0.3 is 10.2 Å². The maximum atomic E-state index is 13.6. The van der Waals surface area contributed by atoms with Crippen LogP contribution in [0.15, 0.2) is 36.4 Å². The molecule has 0 unspecified atom stereocenters. The van der Waals surface area contributed by atoms with Crippen LogP contribution in [-0.4, -0.2) is 18.4 Å². The lowest BCUT2D eigenvalue weighted by molar-refractivity contribution is -0.120. The first-order valence-electron chi connectivity index (χ1n) is 7.39. The predicted octanol–water partition coefficient (Wildman–Crippen LogP) is 3.57. The SMILES string of the molecule is CC(=O)N(CC(=O)Nc1c(F)cccc1F)c1c(C)cccc1C. The highest BCUT2D eigenvalue weighted by Gasteiger charge is 2.20. The summed E-state index contributed by atoms with van der Waals surface area (Å²) in [5.41, 5.74) is 1.76. The third-order valence-electron chi connectivity index (χ3n) is 3.62. The molecular formula is C18H18F2N2O2. The third-order valence-corrected chi connectivity index (χ3v) is 3.62. The maximum Gasteiger partial charge on any atom is 0.244 e. The second kappa shape index (κ2) is 7.21. The van der Waals surface area contributed by atoms with Gasteiger partial charge in [-0.2, -0.15) is 0 Å². The number of carbonyl (C=O) groups is 2. The van der Waals surface area contributed by atoms with Gasteiger partial charge in [0.25, 0.3) is 0 Å². The summed E-state index contributed by atoms with van der Waals surface area (Å²) >= 11 is 0. The average molecular weight is 332 g/mol. The number of nitrogens with zero attached hydrogens (tertiary/aromatic N) is 1. The van der Waals surface area contributed by atoms with Crippen LogP contribution in [-0.2, 0) is 9.59 Å². The Morgan fingerprint density at radius 3 is 2.00 bits per heavy atom. The molecule has 0 saturated carbocycles. The van der Waals surface area contributed by atoms with E-state index in [9.17, 15) is 18.4 Å². The van der Waals surface area contributed by atoms with Crippen LogP contribution >= 0.6 is 0 Å². The summed E-state index contributed by atoms with van der Waals surface area (Å²) in [5.74, 6) is -2.76. The second-order valence-electron chi connectivity index (χ2n) is 5.49. The molecule has 0 saturated heterocycles. The Morgan fingerprint density at radius 1 is 1.00 bits per heavy atom. The number of aryl methyl sites for hydroxylation is 2. The van der Waals surface area contributed by atoms with Gasteiger partial charge in [-0.15, -0.1) is 0 Å². The van der Waals surface area contributed by atoms with E-state index < -0.39 is 23.2 Å². The van der Waals surface area contributed by atoms with Crippen LogP contribution in [0.3, 0.4) is 0 Å². The zero-order chi connectivity index (χ0) is 17.9. The van der Waals surface area contributed by atoms with E-state index in [0.717, 1.165) is 23.3 Å². The van der Waals surface area contributed by atoms with Crippen molar-refractivity contribution in [3.8, 4) is 0 Å². The summed E-state index contributed by atoms with van der Waals surface area (Å²) in [6.07, 6.45) is 0. The molecule has 6 heteroatoms. The van der Waals surface area contributed by atoms with Crippen LogP contribution in [0.4, 0.5) is 20.2 Å². The van der Waals surface area contributed by atoms with Crippen LogP contribution < -0.4 is 10.2 Å². The van der Waals surface area contributed by atoms with Gasteiger partial charge in [0.1, 0.15) is 23.9 Å². The molecule has 0 aliphatic carbocycles. The van der Waals surface area contributed by atoms with Crippen LogP contribution in [0.25, 0.3) is 0 Å². The van der Waals surface area contributed by atoms with Gasteiger partial charge in [-0.3, -0.25) is 9.59 Å². The predicted molar refractivity (Wildman–Crippen MR) is 88.9 cm³/mol. The fourth-order valence-corrected chi connectivity index (χ4v) is 2.52. The first-order chi connectivity index (χ1) is 11.3. The molecule has 0 heterocycles. The van der Waals surface area contributed by atoms with Crippen molar-refractivity contribution in [2.45, 2.75) is 20.8 Å². The molecule has 0 radical (unpaired) electrons. The Bertz CT molecular complexity index is 750. The molecule has 24 heavy (non-hydrogen) atoms. The molecule has 2 amide bonds. The lowest BCUT2D eigenvalue weighted by Gasteiger charge is -2.24. The third kappa shape index (κ3) is 3.76. The quantitative estimate of drug-likeness (QED) is 0.930. The van der Waals surface area contributed by atoms with Gasteiger partial charge >= 0.3 is 0 Å². The first-order valence-corrected chi connectivity index (χ1v) is 7.39. The molecule has 1 N–H and O–H groups in total. The van der Waals surface area contributed by atoms with Gasteiger partial charge in [0.05, 0.1) is 5.69 Å². The number of halogens is 2. The van der Waals surface area contributed by atoms with Crippen molar-refractivity contribution < 1.29 is 18.4 Å². The number of carbonyl (C=O) groups excluding carboxylic acids is 2. The van der Waals surface area contributed by atoms with Crippen molar-refractivity contribution in [2.75, 3.05) is 16.8 Å². The number of rotatable bonds is 4. The van der Waals surface area contributed by atoms with Crippen molar-refractivity contribution >= 4 is 23.2 Å². The average Bonchev–Trinajstić information content (AvgIpc) is 2.49. The van der Waals surface area contributed by atoms with E-state index in [4.69, 9.17) is 0 Å². The highest BCUT2D eigenvalue weighted by molar-refractivity contribution is 6.02. The Morgan fingerprint density at radius 2 is 1.50 bits per heavy atom. The maximum absolute atomic E-state index is 13.6. The Hall–Kier alpha value is -2.76. The van der Waals surface area contributed by atoms with Crippen molar-refractivity contribution in [2.24, 2.45) is 0 Å². The van der Waals surface area contributed by atoms with E-state index in [0.29, 0.717) is 5.69 Å². The molecule has 0 bridgehead atoms. The summed E-state index contributed by atoms with van der Waals surface area (Å²) in [5, 5.41) is 2.19. The number of anilines is 2. The zero-order valence-corrected chi connectivity index (χ0v) is 13.7. The van der Waals surface area contributed by atoms with Crippen molar-refractivity contribution in [1.82, 2.24) is 0 Å². The van der Waals surface area contributed by atoms with E-state index >= 15 is 0 Å². The second-order valence-corrected chi connectivity index (χ2v) is 5.49. The highest BCUT2D eigenvalue weighted by atomic mass is 19.1. The van der Waals surface area contributed by atoms with Crippen molar-refractivity contribution in [3.05, 3.63) is 59.2 Å². The van der Waals surface area contributed by atoms with Gasteiger partial charge in [0, 0.05) is 6.92 Å². The fraction of sp³-hybridized carbons (Fsp3) is 0.222. The summed E-state index contributed by atoms with van der Waals surface area (Å²) in [6, 6.07) is 8.80. The van der Waals surface area contributed by atoms with E-state index in [1.807, 2.05) is 32.0 Å². The minimum Gasteiger partial charge on any atom is -0.320 e. The molecule has 0 aliphatic heterocycles. The molecule has 0 aliphatic rings. The van der Waals surface area contributed by atoms with Gasteiger partial charge in [0.2, 0.25) is 11.8 Å². The lowest BCUT2D eigenvalue weighted by Crippen LogP contribution is -2.37. The Kier molecular flexibility index (Phi) is 5.28. The minimum atomic E-state index is -0.871. The molecule has 2 rings (SSSR count). The fourth-order valence-electron chi connectivity index (χ4n) is 2.52. The van der Waals surface area contributed by atoms with Crippen LogP contribution in [0.2, 0.25) is 0 Å². The number of nitrogens with one attached hydrogen (secondary N) is 1. The summed E-state index contributed by atoms with van der Waals surface area (Å²) < 4.78 is 27.2. The normalized spacial score (nSPS) is 10.4. The molecule has 0 atom stereocenters. The highest BCUT2D eigenvalue weighted by Crippen LogP contribution is 2.25. The minimum absolute atomic E-state index is 0.337. The number of para-hydroxylation sites is 2.